The summed E-state index contributed by atoms with van der Waals surface area (Å²) in [7, 11) is 0. The molecule has 1 aromatic rings. The van der Waals surface area contributed by atoms with Gasteiger partial charge in [0.2, 0.25) is 0 Å². The SMILES string of the molecule is CCC=C1C(Cl)=NCc2cc(Br)ccc21. The first-order valence-electron chi connectivity index (χ1n) is 4.91. The molecule has 0 aromatic heterocycles. The minimum absolute atomic E-state index is 0.631. The lowest BCUT2D eigenvalue weighted by Gasteiger charge is -2.16. The van der Waals surface area contributed by atoms with Gasteiger partial charge < -0.3 is 0 Å². The average Bonchev–Trinajstić information content (AvgIpc) is 2.22. The van der Waals surface area contributed by atoms with Gasteiger partial charge in [0.25, 0.3) is 0 Å². The highest BCUT2D eigenvalue weighted by Gasteiger charge is 2.16. The predicted molar refractivity (Wildman–Crippen MR) is 69.4 cm³/mol. The number of benzene rings is 1. The molecule has 0 unspecified atom stereocenters. The summed E-state index contributed by atoms with van der Waals surface area (Å²) in [5.41, 5.74) is 3.50. The van der Waals surface area contributed by atoms with Crippen molar-refractivity contribution in [1.82, 2.24) is 0 Å². The smallest absolute Gasteiger partial charge is 0.131 e. The zero-order valence-corrected chi connectivity index (χ0v) is 10.8. The number of hydrogen-bond acceptors (Lipinski definition) is 1. The van der Waals surface area contributed by atoms with E-state index < -0.39 is 0 Å². The van der Waals surface area contributed by atoms with Crippen molar-refractivity contribution in [2.45, 2.75) is 19.9 Å². The average molecular weight is 285 g/mol. The van der Waals surface area contributed by atoms with Crippen molar-refractivity contribution < 1.29 is 0 Å². The molecule has 0 saturated carbocycles. The van der Waals surface area contributed by atoms with Gasteiger partial charge in [-0.2, -0.15) is 0 Å². The molecule has 0 N–H and O–H groups in total. The van der Waals surface area contributed by atoms with E-state index in [0.717, 1.165) is 16.5 Å². The van der Waals surface area contributed by atoms with Crippen LogP contribution in [0.2, 0.25) is 0 Å². The lowest BCUT2D eigenvalue weighted by molar-refractivity contribution is 1.05. The minimum atomic E-state index is 0.631. The maximum atomic E-state index is 6.10. The van der Waals surface area contributed by atoms with Gasteiger partial charge in [0, 0.05) is 10.0 Å². The summed E-state index contributed by atoms with van der Waals surface area (Å²) in [6.45, 7) is 2.78. The van der Waals surface area contributed by atoms with Gasteiger partial charge in [0.05, 0.1) is 6.54 Å². The van der Waals surface area contributed by atoms with E-state index in [1.54, 1.807) is 0 Å². The molecule has 0 spiro atoms. The van der Waals surface area contributed by atoms with Crippen molar-refractivity contribution in [2.75, 3.05) is 0 Å². The van der Waals surface area contributed by atoms with Crippen LogP contribution in [0.15, 0.2) is 33.7 Å². The second kappa shape index (κ2) is 4.50. The van der Waals surface area contributed by atoms with Crippen molar-refractivity contribution >= 4 is 38.3 Å². The van der Waals surface area contributed by atoms with Crippen LogP contribution < -0.4 is 0 Å². The van der Waals surface area contributed by atoms with Gasteiger partial charge in [-0.05, 0) is 29.7 Å². The van der Waals surface area contributed by atoms with Crippen LogP contribution in [0.4, 0.5) is 0 Å². The monoisotopic (exact) mass is 283 g/mol. The van der Waals surface area contributed by atoms with Crippen LogP contribution in [0.1, 0.15) is 24.5 Å². The molecular weight excluding hydrogens is 273 g/mol. The van der Waals surface area contributed by atoms with Crippen LogP contribution in [0.5, 0.6) is 0 Å². The van der Waals surface area contributed by atoms with Crippen molar-refractivity contribution in [1.29, 1.82) is 0 Å². The summed E-state index contributed by atoms with van der Waals surface area (Å²) < 4.78 is 1.09. The van der Waals surface area contributed by atoms with Crippen LogP contribution >= 0.6 is 27.5 Å². The Balaban J connectivity index is 2.54. The third-order valence-electron chi connectivity index (χ3n) is 2.38. The Morgan fingerprint density at radius 1 is 1.53 bits per heavy atom. The number of aliphatic imine (C=N–C) groups is 1. The molecule has 1 aliphatic rings. The maximum absolute atomic E-state index is 6.10. The molecule has 0 radical (unpaired) electrons. The molecule has 78 valence electrons. The standard InChI is InChI=1S/C12H11BrClN/c1-2-3-11-10-5-4-9(13)6-8(10)7-15-12(11)14/h3-6H,2,7H2,1H3. The summed E-state index contributed by atoms with van der Waals surface area (Å²) in [5, 5.41) is 0.631. The van der Waals surface area contributed by atoms with Gasteiger partial charge >= 0.3 is 0 Å². The van der Waals surface area contributed by atoms with Crippen molar-refractivity contribution in [2.24, 2.45) is 4.99 Å². The van der Waals surface area contributed by atoms with E-state index in [0.29, 0.717) is 11.7 Å². The molecule has 0 amide bonds. The van der Waals surface area contributed by atoms with Gasteiger partial charge in [-0.25, -0.2) is 0 Å². The summed E-state index contributed by atoms with van der Waals surface area (Å²) in [4.78, 5) is 4.31. The minimum Gasteiger partial charge on any atom is -0.268 e. The Labute approximate surface area is 103 Å². The van der Waals surface area contributed by atoms with Gasteiger partial charge in [-0.15, -0.1) is 0 Å². The second-order valence-corrected chi connectivity index (χ2v) is 4.71. The first-order chi connectivity index (χ1) is 7.22. The molecule has 1 nitrogen and oxygen atoms in total. The highest BCUT2D eigenvalue weighted by atomic mass is 79.9. The quantitative estimate of drug-likeness (QED) is 0.725. The Morgan fingerprint density at radius 3 is 3.07 bits per heavy atom. The largest absolute Gasteiger partial charge is 0.268 e. The number of fused-ring (bicyclic) bond motifs is 1. The normalized spacial score (nSPS) is 17.5. The Kier molecular flexibility index (Phi) is 3.27. The molecular formula is C12H11BrClN. The van der Waals surface area contributed by atoms with Crippen molar-refractivity contribution in [3.8, 4) is 0 Å². The Bertz CT molecular complexity index is 449. The van der Waals surface area contributed by atoms with E-state index in [2.05, 4.69) is 46.1 Å². The fourth-order valence-electron chi connectivity index (χ4n) is 1.71. The van der Waals surface area contributed by atoms with Crippen LogP contribution in [-0.2, 0) is 6.54 Å². The summed E-state index contributed by atoms with van der Waals surface area (Å²) in [5.74, 6) is 0. The molecule has 0 saturated heterocycles. The molecule has 1 aliphatic heterocycles. The number of halogens is 2. The lowest BCUT2D eigenvalue weighted by Crippen LogP contribution is -2.05. The Hall–Kier alpha value is -0.600. The summed E-state index contributed by atoms with van der Waals surface area (Å²) >= 11 is 9.56. The third kappa shape index (κ3) is 2.16. The molecule has 15 heavy (non-hydrogen) atoms. The predicted octanol–water partition coefficient (Wildman–Crippen LogP) is 4.39. The summed E-state index contributed by atoms with van der Waals surface area (Å²) in [6, 6.07) is 6.24. The van der Waals surface area contributed by atoms with Crippen LogP contribution in [-0.4, -0.2) is 5.17 Å². The van der Waals surface area contributed by atoms with E-state index in [1.807, 2.05) is 6.07 Å². The fraction of sp³-hybridized carbons (Fsp3) is 0.250. The molecule has 1 aromatic carbocycles. The van der Waals surface area contributed by atoms with Crippen LogP contribution in [0, 0.1) is 0 Å². The van der Waals surface area contributed by atoms with E-state index in [9.17, 15) is 0 Å². The van der Waals surface area contributed by atoms with Crippen LogP contribution in [0.25, 0.3) is 5.57 Å². The lowest BCUT2D eigenvalue weighted by atomic mass is 9.97. The molecule has 3 heteroatoms. The highest BCUT2D eigenvalue weighted by molar-refractivity contribution is 9.10. The molecule has 1 heterocycles. The van der Waals surface area contributed by atoms with Gasteiger partial charge in [-0.1, -0.05) is 46.6 Å². The van der Waals surface area contributed by atoms with Crippen LogP contribution in [0.3, 0.4) is 0 Å². The number of allylic oxidation sites excluding steroid dienone is 2. The highest BCUT2D eigenvalue weighted by Crippen LogP contribution is 2.30. The van der Waals surface area contributed by atoms with Crippen molar-refractivity contribution in [3.63, 3.8) is 0 Å². The number of rotatable bonds is 1. The zero-order chi connectivity index (χ0) is 10.8. The van der Waals surface area contributed by atoms with Gasteiger partial charge in [-0.3, -0.25) is 4.99 Å². The molecule has 2 rings (SSSR count). The third-order valence-corrected chi connectivity index (χ3v) is 3.19. The van der Waals surface area contributed by atoms with Gasteiger partial charge in [0.1, 0.15) is 5.17 Å². The Morgan fingerprint density at radius 2 is 2.33 bits per heavy atom. The van der Waals surface area contributed by atoms with E-state index >= 15 is 0 Å². The summed E-state index contributed by atoms with van der Waals surface area (Å²) in [6.07, 6.45) is 3.09. The van der Waals surface area contributed by atoms with E-state index in [4.69, 9.17) is 11.6 Å². The van der Waals surface area contributed by atoms with Crippen molar-refractivity contribution in [3.05, 3.63) is 39.9 Å². The van der Waals surface area contributed by atoms with Gasteiger partial charge in [0.15, 0.2) is 0 Å². The molecule has 0 bridgehead atoms. The first-order valence-corrected chi connectivity index (χ1v) is 6.08. The maximum Gasteiger partial charge on any atom is 0.131 e. The first kappa shape index (κ1) is 10.9. The second-order valence-electron chi connectivity index (χ2n) is 3.43. The number of nitrogens with zero attached hydrogens (tertiary/aromatic N) is 1. The van der Waals surface area contributed by atoms with E-state index in [-0.39, 0.29) is 0 Å². The fourth-order valence-corrected chi connectivity index (χ4v) is 2.35. The molecule has 0 aliphatic carbocycles. The number of hydrogen-bond donors (Lipinski definition) is 0. The topological polar surface area (TPSA) is 12.4 Å². The molecule has 0 atom stereocenters. The van der Waals surface area contributed by atoms with E-state index in [1.165, 1.54) is 11.1 Å². The molecule has 0 fully saturated rings. The zero-order valence-electron chi connectivity index (χ0n) is 8.43.